The Labute approximate surface area is 139 Å². The highest BCUT2D eigenvalue weighted by atomic mass is 32.1. The van der Waals surface area contributed by atoms with Crippen LogP contribution >= 0.6 is 12.2 Å². The number of rotatable bonds is 2. The van der Waals surface area contributed by atoms with Crippen molar-refractivity contribution in [1.29, 1.82) is 0 Å². The van der Waals surface area contributed by atoms with Gasteiger partial charge in [-0.15, -0.1) is 0 Å². The molecule has 1 unspecified atom stereocenters. The number of hydrogen-bond donors (Lipinski definition) is 1. The van der Waals surface area contributed by atoms with Crippen molar-refractivity contribution in [2.75, 3.05) is 0 Å². The maximum Gasteiger partial charge on any atom is 0.259 e. The molecule has 1 saturated heterocycles. The quantitative estimate of drug-likeness (QED) is 0.525. The van der Waals surface area contributed by atoms with Gasteiger partial charge in [0, 0.05) is 18.9 Å². The second-order valence-electron chi connectivity index (χ2n) is 5.63. The Morgan fingerprint density at radius 3 is 2.65 bits per heavy atom. The van der Waals surface area contributed by atoms with Gasteiger partial charge in [0.15, 0.2) is 5.78 Å². The molecule has 2 aromatic rings. The lowest BCUT2D eigenvalue weighted by Crippen LogP contribution is -2.45. The topological polar surface area (TPSA) is 51.1 Å². The van der Waals surface area contributed by atoms with Crippen molar-refractivity contribution in [3.05, 3.63) is 65.0 Å². The van der Waals surface area contributed by atoms with Gasteiger partial charge in [-0.2, -0.15) is 0 Å². The zero-order valence-electron chi connectivity index (χ0n) is 12.9. The number of Topliss-reactive ketones (excluding diaryl/α,β-unsaturated/α-hetero) is 1. The lowest BCUT2D eigenvalue weighted by Gasteiger charge is -2.25. The number of aromatic nitrogens is 1. The van der Waals surface area contributed by atoms with Crippen LogP contribution in [0.15, 0.2) is 48.2 Å². The molecule has 1 amide bonds. The van der Waals surface area contributed by atoms with E-state index in [1.165, 1.54) is 0 Å². The molecule has 5 heteroatoms. The van der Waals surface area contributed by atoms with Crippen LogP contribution in [0.1, 0.15) is 22.7 Å². The molecule has 4 nitrogen and oxygen atoms in total. The fraction of sp³-hybridized carbons (Fsp3) is 0.167. The Morgan fingerprint density at radius 1 is 1.22 bits per heavy atom. The van der Waals surface area contributed by atoms with Crippen molar-refractivity contribution in [2.24, 2.45) is 7.05 Å². The van der Waals surface area contributed by atoms with E-state index in [2.05, 4.69) is 5.32 Å². The highest BCUT2D eigenvalue weighted by molar-refractivity contribution is 7.80. The fourth-order valence-electron chi connectivity index (χ4n) is 2.70. The summed E-state index contributed by atoms with van der Waals surface area (Å²) in [4.78, 5) is 25.3. The molecule has 0 bridgehead atoms. The van der Waals surface area contributed by atoms with Gasteiger partial charge in [0.1, 0.15) is 0 Å². The van der Waals surface area contributed by atoms with Gasteiger partial charge in [0.05, 0.1) is 16.5 Å². The van der Waals surface area contributed by atoms with Crippen LogP contribution in [0.4, 0.5) is 0 Å². The van der Waals surface area contributed by atoms with Crippen LogP contribution < -0.4 is 5.32 Å². The van der Waals surface area contributed by atoms with E-state index in [1.807, 2.05) is 61.1 Å². The maximum absolute atomic E-state index is 12.9. The third-order valence-electron chi connectivity index (χ3n) is 3.92. The molecule has 3 rings (SSSR count). The van der Waals surface area contributed by atoms with Gasteiger partial charge in [-0.25, -0.2) is 0 Å². The van der Waals surface area contributed by atoms with E-state index in [0.717, 1.165) is 16.8 Å². The summed E-state index contributed by atoms with van der Waals surface area (Å²) in [6.07, 6.45) is 3.47. The molecule has 1 N–H and O–H groups in total. The first-order valence-corrected chi connectivity index (χ1v) is 7.67. The zero-order valence-corrected chi connectivity index (χ0v) is 13.7. The number of hydrogen-bond acceptors (Lipinski definition) is 3. The highest BCUT2D eigenvalue weighted by Crippen LogP contribution is 2.27. The number of amides is 1. The first-order chi connectivity index (χ1) is 11.0. The molecule has 0 saturated carbocycles. The predicted molar refractivity (Wildman–Crippen MR) is 93.1 cm³/mol. The minimum atomic E-state index is -0.617. The summed E-state index contributed by atoms with van der Waals surface area (Å²) < 4.78 is 1.85. The lowest BCUT2D eigenvalue weighted by molar-refractivity contribution is -0.122. The SMILES string of the molecule is Cc1cccc(C2C(=O)/C(=C/c3cccn3C)C(=O)NC2=S)c1. The van der Waals surface area contributed by atoms with E-state index in [1.54, 1.807) is 6.08 Å². The summed E-state index contributed by atoms with van der Waals surface area (Å²) in [6, 6.07) is 11.3. The Balaban J connectivity index is 2.04. The van der Waals surface area contributed by atoms with Crippen molar-refractivity contribution in [3.8, 4) is 0 Å². The molecule has 1 fully saturated rings. The molecule has 23 heavy (non-hydrogen) atoms. The van der Waals surface area contributed by atoms with Gasteiger partial charge >= 0.3 is 0 Å². The van der Waals surface area contributed by atoms with Gasteiger partial charge < -0.3 is 9.88 Å². The van der Waals surface area contributed by atoms with Gasteiger partial charge in [0.25, 0.3) is 5.91 Å². The number of piperidine rings is 1. The summed E-state index contributed by atoms with van der Waals surface area (Å²) in [7, 11) is 1.86. The molecule has 1 aliphatic heterocycles. The first kappa shape index (κ1) is 15.4. The third kappa shape index (κ3) is 2.87. The second-order valence-corrected chi connectivity index (χ2v) is 6.07. The van der Waals surface area contributed by atoms with Crippen LogP contribution in [-0.4, -0.2) is 21.2 Å². The molecule has 0 spiro atoms. The first-order valence-electron chi connectivity index (χ1n) is 7.26. The van der Waals surface area contributed by atoms with Gasteiger partial charge in [-0.3, -0.25) is 9.59 Å². The summed E-state index contributed by atoms with van der Waals surface area (Å²) in [5.74, 6) is -1.32. The molecular weight excluding hydrogens is 308 g/mol. The van der Waals surface area contributed by atoms with E-state index in [0.29, 0.717) is 0 Å². The Morgan fingerprint density at radius 2 is 2.00 bits per heavy atom. The number of nitrogens with one attached hydrogen (secondary N) is 1. The van der Waals surface area contributed by atoms with Crippen molar-refractivity contribution in [3.63, 3.8) is 0 Å². The Kier molecular flexibility index (Phi) is 3.96. The van der Waals surface area contributed by atoms with Gasteiger partial charge in [-0.05, 0) is 30.7 Å². The molecular formula is C18H16N2O2S. The van der Waals surface area contributed by atoms with Gasteiger partial charge in [0.2, 0.25) is 0 Å². The second kappa shape index (κ2) is 5.93. The van der Waals surface area contributed by atoms with E-state index >= 15 is 0 Å². The van der Waals surface area contributed by atoms with Crippen molar-refractivity contribution < 1.29 is 9.59 Å². The summed E-state index contributed by atoms with van der Waals surface area (Å²) in [5, 5.41) is 2.65. The minimum Gasteiger partial charge on any atom is -0.351 e. The smallest absolute Gasteiger partial charge is 0.259 e. The number of benzene rings is 1. The standard InChI is InChI=1S/C18H16N2O2S/c1-11-5-3-6-12(9-11)15-16(21)14(17(22)19-18(15)23)10-13-7-4-8-20(13)2/h3-10,15H,1-2H3,(H,19,22,23)/b14-10-. The van der Waals surface area contributed by atoms with Crippen LogP contribution in [0.25, 0.3) is 6.08 Å². The predicted octanol–water partition coefficient (Wildman–Crippen LogP) is 2.53. The zero-order chi connectivity index (χ0) is 16.6. The van der Waals surface area contributed by atoms with Crippen LogP contribution in [0, 0.1) is 6.92 Å². The normalized spacial score (nSPS) is 20.0. The Hall–Kier alpha value is -2.53. The number of ketones is 1. The van der Waals surface area contributed by atoms with Crippen molar-refractivity contribution in [2.45, 2.75) is 12.8 Å². The average molecular weight is 324 g/mol. The number of thiocarbonyl (C=S) groups is 1. The molecule has 0 radical (unpaired) electrons. The largest absolute Gasteiger partial charge is 0.351 e. The summed E-state index contributed by atoms with van der Waals surface area (Å²) in [6.45, 7) is 1.96. The number of carbonyl (C=O) groups is 2. The van der Waals surface area contributed by atoms with Crippen molar-refractivity contribution >= 4 is 35.0 Å². The van der Waals surface area contributed by atoms with Crippen molar-refractivity contribution in [1.82, 2.24) is 9.88 Å². The molecule has 2 heterocycles. The van der Waals surface area contributed by atoms with Crippen LogP contribution in [0.5, 0.6) is 0 Å². The van der Waals surface area contributed by atoms with Crippen LogP contribution in [0.3, 0.4) is 0 Å². The van der Waals surface area contributed by atoms with E-state index in [4.69, 9.17) is 12.2 Å². The minimum absolute atomic E-state index is 0.131. The molecule has 1 aromatic heterocycles. The lowest BCUT2D eigenvalue weighted by atomic mass is 9.86. The van der Waals surface area contributed by atoms with E-state index in [9.17, 15) is 9.59 Å². The number of aryl methyl sites for hydroxylation is 2. The monoisotopic (exact) mass is 324 g/mol. The maximum atomic E-state index is 12.9. The summed E-state index contributed by atoms with van der Waals surface area (Å²) >= 11 is 5.25. The Bertz CT molecular complexity index is 848. The average Bonchev–Trinajstić information content (AvgIpc) is 2.88. The van der Waals surface area contributed by atoms with Crippen LogP contribution in [0.2, 0.25) is 0 Å². The van der Waals surface area contributed by atoms with Crippen LogP contribution in [-0.2, 0) is 16.6 Å². The molecule has 1 aromatic carbocycles. The molecule has 0 aliphatic carbocycles. The highest BCUT2D eigenvalue weighted by Gasteiger charge is 2.37. The molecule has 1 aliphatic rings. The third-order valence-corrected chi connectivity index (χ3v) is 4.26. The fourth-order valence-corrected chi connectivity index (χ4v) is 3.03. The van der Waals surface area contributed by atoms with E-state index < -0.39 is 11.8 Å². The number of carbonyl (C=O) groups excluding carboxylic acids is 2. The number of nitrogens with zero attached hydrogens (tertiary/aromatic N) is 1. The molecule has 116 valence electrons. The van der Waals surface area contributed by atoms with Gasteiger partial charge in [-0.1, -0.05) is 42.0 Å². The molecule has 1 atom stereocenters. The van der Waals surface area contributed by atoms with E-state index in [-0.39, 0.29) is 16.3 Å². The summed E-state index contributed by atoms with van der Waals surface area (Å²) in [5.41, 5.74) is 2.77.